The van der Waals surface area contributed by atoms with Gasteiger partial charge in [-0.2, -0.15) is 4.98 Å². The Morgan fingerprint density at radius 1 is 0.969 bits per heavy atom. The van der Waals surface area contributed by atoms with Crippen molar-refractivity contribution in [3.8, 4) is 11.4 Å². The van der Waals surface area contributed by atoms with E-state index in [1.807, 2.05) is 44.3 Å². The van der Waals surface area contributed by atoms with Crippen molar-refractivity contribution < 1.29 is 4.74 Å². The van der Waals surface area contributed by atoms with Gasteiger partial charge in [0.25, 0.3) is 0 Å². The molecule has 0 spiro atoms. The summed E-state index contributed by atoms with van der Waals surface area (Å²) in [7, 11) is 0. The molecular formula is C26H29N5O. The molecule has 0 aliphatic carbocycles. The zero-order valence-electron chi connectivity index (χ0n) is 18.7. The van der Waals surface area contributed by atoms with Crippen LogP contribution < -0.4 is 10.1 Å². The molecule has 4 aromatic rings. The van der Waals surface area contributed by atoms with E-state index >= 15 is 0 Å². The summed E-state index contributed by atoms with van der Waals surface area (Å²) in [5.74, 6) is 1.42. The third kappa shape index (κ3) is 4.60. The predicted molar refractivity (Wildman–Crippen MR) is 129 cm³/mol. The molecule has 0 radical (unpaired) electrons. The van der Waals surface area contributed by atoms with Crippen LogP contribution in [0.25, 0.3) is 16.7 Å². The van der Waals surface area contributed by atoms with E-state index < -0.39 is 0 Å². The van der Waals surface area contributed by atoms with Crippen molar-refractivity contribution >= 4 is 22.7 Å². The van der Waals surface area contributed by atoms with Crippen LogP contribution in [-0.4, -0.2) is 38.6 Å². The molecule has 5 rings (SSSR count). The van der Waals surface area contributed by atoms with Gasteiger partial charge in [0, 0.05) is 35.7 Å². The molecule has 164 valence electrons. The Kier molecular flexibility index (Phi) is 5.77. The minimum atomic E-state index is 0.154. The number of nitrogens with one attached hydrogen (secondary N) is 1. The lowest BCUT2D eigenvalue weighted by molar-refractivity contribution is 0.242. The summed E-state index contributed by atoms with van der Waals surface area (Å²) in [6.45, 7) is 7.50. The molecule has 0 saturated carbocycles. The van der Waals surface area contributed by atoms with Gasteiger partial charge in [0.2, 0.25) is 5.95 Å². The quantitative estimate of drug-likeness (QED) is 0.419. The maximum Gasteiger partial charge on any atom is 0.229 e. The van der Waals surface area contributed by atoms with E-state index in [1.165, 1.54) is 31.5 Å². The second-order valence-electron chi connectivity index (χ2n) is 8.62. The Labute approximate surface area is 188 Å². The fourth-order valence-electron chi connectivity index (χ4n) is 4.17. The smallest absolute Gasteiger partial charge is 0.229 e. The lowest BCUT2D eigenvalue weighted by atomic mass is 10.2. The molecule has 6 nitrogen and oxygen atoms in total. The van der Waals surface area contributed by atoms with Gasteiger partial charge in [0.05, 0.1) is 6.10 Å². The van der Waals surface area contributed by atoms with Crippen molar-refractivity contribution in [1.82, 2.24) is 19.4 Å². The van der Waals surface area contributed by atoms with Gasteiger partial charge in [-0.15, -0.1) is 0 Å². The van der Waals surface area contributed by atoms with Gasteiger partial charge >= 0.3 is 0 Å². The molecule has 1 fully saturated rings. The maximum absolute atomic E-state index is 5.71. The van der Waals surface area contributed by atoms with E-state index in [-0.39, 0.29) is 6.10 Å². The Morgan fingerprint density at radius 2 is 1.72 bits per heavy atom. The number of anilines is 2. The predicted octanol–water partition coefficient (Wildman–Crippen LogP) is 5.55. The summed E-state index contributed by atoms with van der Waals surface area (Å²) in [6.07, 6.45) is 6.70. The zero-order chi connectivity index (χ0) is 21.9. The first-order valence-electron chi connectivity index (χ1n) is 11.3. The number of rotatable bonds is 7. The molecule has 0 unspecified atom stereocenters. The second-order valence-corrected chi connectivity index (χ2v) is 8.62. The van der Waals surface area contributed by atoms with E-state index in [1.54, 1.807) is 0 Å². The van der Waals surface area contributed by atoms with Crippen LogP contribution in [0.3, 0.4) is 0 Å². The van der Waals surface area contributed by atoms with Crippen LogP contribution in [0.2, 0.25) is 0 Å². The van der Waals surface area contributed by atoms with E-state index in [0.29, 0.717) is 5.95 Å². The number of fused-ring (bicyclic) bond motifs is 1. The van der Waals surface area contributed by atoms with Crippen molar-refractivity contribution in [3.05, 3.63) is 72.6 Å². The van der Waals surface area contributed by atoms with E-state index in [9.17, 15) is 0 Å². The van der Waals surface area contributed by atoms with Crippen LogP contribution in [0.4, 0.5) is 11.6 Å². The highest BCUT2D eigenvalue weighted by Gasteiger charge is 2.12. The van der Waals surface area contributed by atoms with Crippen LogP contribution >= 0.6 is 0 Å². The number of hydrogen-bond donors (Lipinski definition) is 1. The standard InChI is InChI=1S/C26H29N5O/c1-19(2)32-24-11-7-22(8-12-24)28-26-27-17-21-13-16-31(25(21)29-26)23-9-5-20(6-10-23)18-30-14-3-4-15-30/h5-13,16-17,19H,3-4,14-15,18H2,1-2H3,(H,27,28,29). The summed E-state index contributed by atoms with van der Waals surface area (Å²) in [6, 6.07) is 18.7. The lowest BCUT2D eigenvalue weighted by Crippen LogP contribution is -2.18. The maximum atomic E-state index is 5.71. The van der Waals surface area contributed by atoms with Gasteiger partial charge in [-0.1, -0.05) is 12.1 Å². The topological polar surface area (TPSA) is 55.2 Å². The highest BCUT2D eigenvalue weighted by molar-refractivity contribution is 5.78. The number of likely N-dealkylation sites (tertiary alicyclic amines) is 1. The van der Waals surface area contributed by atoms with Gasteiger partial charge in [-0.3, -0.25) is 4.90 Å². The van der Waals surface area contributed by atoms with Crippen molar-refractivity contribution in [1.29, 1.82) is 0 Å². The SMILES string of the molecule is CC(C)Oc1ccc(Nc2ncc3ccn(-c4ccc(CN5CCCC5)cc4)c3n2)cc1. The Balaban J connectivity index is 1.34. The molecule has 1 N–H and O–H groups in total. The molecule has 3 heterocycles. The molecule has 1 aliphatic heterocycles. The average Bonchev–Trinajstić information content (AvgIpc) is 3.45. The minimum absolute atomic E-state index is 0.154. The summed E-state index contributed by atoms with van der Waals surface area (Å²) in [5, 5.41) is 4.31. The molecule has 0 bridgehead atoms. The summed E-state index contributed by atoms with van der Waals surface area (Å²) < 4.78 is 7.82. The fourth-order valence-corrected chi connectivity index (χ4v) is 4.17. The Hall–Kier alpha value is -3.38. The minimum Gasteiger partial charge on any atom is -0.491 e. The third-order valence-corrected chi connectivity index (χ3v) is 5.73. The van der Waals surface area contributed by atoms with Gasteiger partial charge in [0.1, 0.15) is 11.4 Å². The molecule has 0 atom stereocenters. The van der Waals surface area contributed by atoms with E-state index in [4.69, 9.17) is 9.72 Å². The molecule has 6 heteroatoms. The molecule has 1 saturated heterocycles. The zero-order valence-corrected chi connectivity index (χ0v) is 18.7. The first-order chi connectivity index (χ1) is 15.6. The largest absolute Gasteiger partial charge is 0.491 e. The van der Waals surface area contributed by atoms with Crippen molar-refractivity contribution in [3.63, 3.8) is 0 Å². The van der Waals surface area contributed by atoms with Crippen molar-refractivity contribution in [2.45, 2.75) is 39.3 Å². The Bertz CT molecular complexity index is 1180. The van der Waals surface area contributed by atoms with Crippen molar-refractivity contribution in [2.24, 2.45) is 0 Å². The lowest BCUT2D eigenvalue weighted by Gasteiger charge is -2.15. The molecule has 2 aromatic carbocycles. The number of aromatic nitrogens is 3. The third-order valence-electron chi connectivity index (χ3n) is 5.73. The summed E-state index contributed by atoms with van der Waals surface area (Å²) >= 11 is 0. The van der Waals surface area contributed by atoms with Gasteiger partial charge in [-0.25, -0.2) is 4.98 Å². The van der Waals surface area contributed by atoms with Crippen molar-refractivity contribution in [2.75, 3.05) is 18.4 Å². The van der Waals surface area contributed by atoms with E-state index in [2.05, 4.69) is 56.3 Å². The van der Waals surface area contributed by atoms with Crippen LogP contribution in [0.1, 0.15) is 32.3 Å². The monoisotopic (exact) mass is 427 g/mol. The van der Waals surface area contributed by atoms with E-state index in [0.717, 1.165) is 34.7 Å². The fraction of sp³-hybridized carbons (Fsp3) is 0.308. The number of hydrogen-bond acceptors (Lipinski definition) is 5. The van der Waals surface area contributed by atoms with Crippen LogP contribution in [0.15, 0.2) is 67.0 Å². The number of ether oxygens (including phenoxy) is 1. The number of benzene rings is 2. The first kappa shape index (κ1) is 20.5. The molecule has 1 aliphatic rings. The molecular weight excluding hydrogens is 398 g/mol. The van der Waals surface area contributed by atoms with Gasteiger partial charge in [0.15, 0.2) is 0 Å². The highest BCUT2D eigenvalue weighted by Crippen LogP contribution is 2.23. The highest BCUT2D eigenvalue weighted by atomic mass is 16.5. The molecule has 32 heavy (non-hydrogen) atoms. The van der Waals surface area contributed by atoms with Gasteiger partial charge < -0.3 is 14.6 Å². The second kappa shape index (κ2) is 9.01. The summed E-state index contributed by atoms with van der Waals surface area (Å²) in [5.41, 5.74) is 4.26. The number of nitrogens with zero attached hydrogens (tertiary/aromatic N) is 4. The first-order valence-corrected chi connectivity index (χ1v) is 11.3. The average molecular weight is 428 g/mol. The van der Waals surface area contributed by atoms with Gasteiger partial charge in [-0.05, 0) is 87.8 Å². The Morgan fingerprint density at radius 3 is 2.44 bits per heavy atom. The summed E-state index contributed by atoms with van der Waals surface area (Å²) in [4.78, 5) is 11.8. The molecule has 2 aromatic heterocycles. The van der Waals surface area contributed by atoms with Crippen LogP contribution in [0.5, 0.6) is 5.75 Å². The van der Waals surface area contributed by atoms with Crippen LogP contribution in [0, 0.1) is 0 Å². The molecule has 0 amide bonds. The van der Waals surface area contributed by atoms with Crippen LogP contribution in [-0.2, 0) is 6.54 Å². The normalized spacial score (nSPS) is 14.3.